The standard InChI is InChI=1S/C27H22BrClN2O5S/c1-3-35-22-13-17(12-21(28)24(22)36-15-16-5-4-6-19(29)11-16)14-23-25(32)31(2)27(37-23)30-20-9-7-18(8-10-20)26(33)34/h4-14H,3,15H2,1-2H3,(H,33,34)/b23-14-,30-27?. The van der Waals surface area contributed by atoms with Crippen molar-refractivity contribution in [1.82, 2.24) is 4.90 Å². The molecule has 0 atom stereocenters. The number of likely N-dealkylation sites (N-methyl/N-ethyl adjacent to an activating group) is 1. The highest BCUT2D eigenvalue weighted by molar-refractivity contribution is 9.10. The third-order valence-corrected chi connectivity index (χ3v) is 7.13. The van der Waals surface area contributed by atoms with Crippen LogP contribution in [0.2, 0.25) is 5.02 Å². The molecule has 190 valence electrons. The van der Waals surface area contributed by atoms with Crippen LogP contribution in [0.1, 0.15) is 28.4 Å². The van der Waals surface area contributed by atoms with Crippen molar-refractivity contribution >= 4 is 68.1 Å². The van der Waals surface area contributed by atoms with Crippen molar-refractivity contribution in [3.05, 3.63) is 91.8 Å². The number of aliphatic imine (C=N–C) groups is 1. The Morgan fingerprint density at radius 3 is 2.59 bits per heavy atom. The molecule has 7 nitrogen and oxygen atoms in total. The molecular formula is C27H22BrClN2O5S. The number of aromatic carboxylic acids is 1. The molecule has 0 bridgehead atoms. The van der Waals surface area contributed by atoms with Gasteiger partial charge in [0.05, 0.1) is 27.2 Å². The molecule has 0 saturated carbocycles. The average molecular weight is 602 g/mol. The minimum atomic E-state index is -1.01. The highest BCUT2D eigenvalue weighted by Gasteiger charge is 2.30. The van der Waals surface area contributed by atoms with Crippen LogP contribution in [0.5, 0.6) is 11.5 Å². The molecule has 1 saturated heterocycles. The van der Waals surface area contributed by atoms with Crippen molar-refractivity contribution in [2.24, 2.45) is 4.99 Å². The molecule has 1 aliphatic heterocycles. The quantitative estimate of drug-likeness (QED) is 0.279. The number of ether oxygens (including phenoxy) is 2. The first-order chi connectivity index (χ1) is 17.7. The van der Waals surface area contributed by atoms with E-state index in [-0.39, 0.29) is 11.5 Å². The van der Waals surface area contributed by atoms with Crippen LogP contribution in [0.4, 0.5) is 5.69 Å². The fourth-order valence-electron chi connectivity index (χ4n) is 3.45. The molecule has 1 amide bonds. The van der Waals surface area contributed by atoms with Crippen molar-refractivity contribution in [2.45, 2.75) is 13.5 Å². The van der Waals surface area contributed by atoms with Crippen LogP contribution in [0.3, 0.4) is 0 Å². The summed E-state index contributed by atoms with van der Waals surface area (Å²) in [5, 5.41) is 10.2. The van der Waals surface area contributed by atoms with Crippen LogP contribution in [-0.2, 0) is 11.4 Å². The van der Waals surface area contributed by atoms with Gasteiger partial charge in [0.1, 0.15) is 6.61 Å². The molecule has 0 unspecified atom stereocenters. The molecule has 0 aromatic heterocycles. The minimum Gasteiger partial charge on any atom is -0.490 e. The predicted molar refractivity (Wildman–Crippen MR) is 150 cm³/mol. The van der Waals surface area contributed by atoms with E-state index in [1.165, 1.54) is 28.8 Å². The predicted octanol–water partition coefficient (Wildman–Crippen LogP) is 7.01. The van der Waals surface area contributed by atoms with Crippen LogP contribution in [0, 0.1) is 0 Å². The first-order valence-electron chi connectivity index (χ1n) is 11.2. The summed E-state index contributed by atoms with van der Waals surface area (Å²) in [6, 6.07) is 17.3. The number of rotatable bonds is 8. The van der Waals surface area contributed by atoms with Gasteiger partial charge in [-0.3, -0.25) is 9.69 Å². The highest BCUT2D eigenvalue weighted by atomic mass is 79.9. The Morgan fingerprint density at radius 2 is 1.92 bits per heavy atom. The third kappa shape index (κ3) is 6.54. The number of nitrogens with zero attached hydrogens (tertiary/aromatic N) is 2. The maximum atomic E-state index is 12.9. The van der Waals surface area contributed by atoms with Crippen LogP contribution in [0.15, 0.2) is 75.0 Å². The Morgan fingerprint density at radius 1 is 1.16 bits per heavy atom. The molecule has 1 N–H and O–H groups in total. The molecule has 1 aliphatic rings. The zero-order chi connectivity index (χ0) is 26.5. The van der Waals surface area contributed by atoms with Crippen molar-refractivity contribution < 1.29 is 24.2 Å². The molecule has 4 rings (SSSR count). The van der Waals surface area contributed by atoms with E-state index in [1.807, 2.05) is 37.3 Å². The summed E-state index contributed by atoms with van der Waals surface area (Å²) in [7, 11) is 1.65. The summed E-state index contributed by atoms with van der Waals surface area (Å²) in [4.78, 5) is 30.4. The highest BCUT2D eigenvalue weighted by Crippen LogP contribution is 2.40. The van der Waals surface area contributed by atoms with Crippen LogP contribution < -0.4 is 9.47 Å². The first-order valence-corrected chi connectivity index (χ1v) is 13.2. The number of halogens is 2. The second-order valence-electron chi connectivity index (χ2n) is 7.90. The molecule has 1 fully saturated rings. The monoisotopic (exact) mass is 600 g/mol. The van der Waals surface area contributed by atoms with Gasteiger partial charge < -0.3 is 14.6 Å². The van der Waals surface area contributed by atoms with E-state index in [1.54, 1.807) is 31.3 Å². The number of thioether (sulfide) groups is 1. The number of hydrogen-bond acceptors (Lipinski definition) is 6. The van der Waals surface area contributed by atoms with E-state index in [4.69, 9.17) is 26.2 Å². The van der Waals surface area contributed by atoms with Gasteiger partial charge in [-0.1, -0.05) is 23.7 Å². The van der Waals surface area contributed by atoms with E-state index < -0.39 is 5.97 Å². The summed E-state index contributed by atoms with van der Waals surface area (Å²) in [6.45, 7) is 2.64. The van der Waals surface area contributed by atoms with Gasteiger partial charge in [-0.2, -0.15) is 0 Å². The maximum Gasteiger partial charge on any atom is 0.335 e. The number of carboxylic acid groups (broad SMARTS) is 1. The van der Waals surface area contributed by atoms with Gasteiger partial charge in [0.25, 0.3) is 5.91 Å². The topological polar surface area (TPSA) is 88.4 Å². The van der Waals surface area contributed by atoms with E-state index >= 15 is 0 Å². The Hall–Kier alpha value is -3.27. The lowest BCUT2D eigenvalue weighted by atomic mass is 10.1. The Kier molecular flexibility index (Phi) is 8.58. The maximum absolute atomic E-state index is 12.9. The van der Waals surface area contributed by atoms with Crippen LogP contribution in [-0.4, -0.2) is 40.7 Å². The number of carboxylic acids is 1. The van der Waals surface area contributed by atoms with Crippen molar-refractivity contribution in [3.8, 4) is 11.5 Å². The van der Waals surface area contributed by atoms with Gasteiger partial charge in [0.15, 0.2) is 16.7 Å². The SMILES string of the molecule is CCOc1cc(/C=C2\SC(=Nc3ccc(C(=O)O)cc3)N(C)C2=O)cc(Br)c1OCc1cccc(Cl)c1. The second kappa shape index (κ2) is 11.9. The molecule has 0 spiro atoms. The molecule has 3 aromatic carbocycles. The van der Waals surface area contributed by atoms with E-state index in [0.29, 0.717) is 50.0 Å². The number of carbonyl (C=O) groups is 2. The fourth-order valence-corrected chi connectivity index (χ4v) is 5.22. The van der Waals surface area contributed by atoms with E-state index in [0.717, 1.165) is 11.1 Å². The summed E-state index contributed by atoms with van der Waals surface area (Å²) in [5.41, 5.74) is 2.40. The summed E-state index contributed by atoms with van der Waals surface area (Å²) < 4.78 is 12.6. The molecule has 1 heterocycles. The summed E-state index contributed by atoms with van der Waals surface area (Å²) in [5.74, 6) is -0.104. The number of amidine groups is 1. The van der Waals surface area contributed by atoms with Gasteiger partial charge in [-0.05, 0) is 100 Å². The zero-order valence-corrected chi connectivity index (χ0v) is 23.1. The average Bonchev–Trinajstić information content (AvgIpc) is 3.11. The fraction of sp³-hybridized carbons (Fsp3) is 0.148. The smallest absolute Gasteiger partial charge is 0.335 e. The van der Waals surface area contributed by atoms with Gasteiger partial charge in [-0.25, -0.2) is 9.79 Å². The van der Waals surface area contributed by atoms with Gasteiger partial charge in [-0.15, -0.1) is 0 Å². The molecule has 0 radical (unpaired) electrons. The minimum absolute atomic E-state index is 0.170. The lowest BCUT2D eigenvalue weighted by Gasteiger charge is -2.15. The number of amides is 1. The Balaban J connectivity index is 1.57. The molecule has 0 aliphatic carbocycles. The Labute approximate surface area is 231 Å². The van der Waals surface area contributed by atoms with Gasteiger partial charge in [0.2, 0.25) is 0 Å². The lowest BCUT2D eigenvalue weighted by Crippen LogP contribution is -2.23. The van der Waals surface area contributed by atoms with E-state index in [2.05, 4.69) is 20.9 Å². The number of benzene rings is 3. The number of hydrogen-bond donors (Lipinski definition) is 1. The van der Waals surface area contributed by atoms with Crippen LogP contribution in [0.25, 0.3) is 6.08 Å². The van der Waals surface area contributed by atoms with Crippen LogP contribution >= 0.6 is 39.3 Å². The van der Waals surface area contributed by atoms with Crippen molar-refractivity contribution in [2.75, 3.05) is 13.7 Å². The summed E-state index contributed by atoms with van der Waals surface area (Å²) >= 11 is 10.9. The van der Waals surface area contributed by atoms with Gasteiger partial charge in [0, 0.05) is 12.1 Å². The van der Waals surface area contributed by atoms with Gasteiger partial charge >= 0.3 is 5.97 Å². The zero-order valence-electron chi connectivity index (χ0n) is 19.9. The first kappa shape index (κ1) is 26.8. The third-order valence-electron chi connectivity index (χ3n) is 5.24. The largest absolute Gasteiger partial charge is 0.490 e. The Bertz CT molecular complexity index is 1410. The van der Waals surface area contributed by atoms with Crippen molar-refractivity contribution in [1.29, 1.82) is 0 Å². The number of carbonyl (C=O) groups excluding carboxylic acids is 1. The molecule has 10 heteroatoms. The molecule has 37 heavy (non-hydrogen) atoms. The normalized spacial score (nSPS) is 15.5. The summed E-state index contributed by atoms with van der Waals surface area (Å²) in [6.07, 6.45) is 1.77. The lowest BCUT2D eigenvalue weighted by molar-refractivity contribution is -0.121. The molecule has 3 aromatic rings. The molecular weight excluding hydrogens is 580 g/mol. The second-order valence-corrected chi connectivity index (χ2v) is 10.2. The van der Waals surface area contributed by atoms with E-state index in [9.17, 15) is 9.59 Å². The van der Waals surface area contributed by atoms with Crippen molar-refractivity contribution in [3.63, 3.8) is 0 Å².